The molecule has 1 saturated heterocycles. The number of hydrogen-bond donors (Lipinski definition) is 2. The maximum atomic E-state index is 12.5. The number of para-hydroxylation sites is 1. The molecular formula is C21H32ClN3O3. The Balaban J connectivity index is 0.00000280. The third-order valence-corrected chi connectivity index (χ3v) is 5.66. The Kier molecular flexibility index (Phi) is 9.06. The Bertz CT molecular complexity index is 613. The maximum Gasteiger partial charge on any atom is 0.225 e. The van der Waals surface area contributed by atoms with Gasteiger partial charge < -0.3 is 20.7 Å². The molecule has 1 aliphatic carbocycles. The van der Waals surface area contributed by atoms with E-state index in [9.17, 15) is 9.59 Å². The zero-order valence-electron chi connectivity index (χ0n) is 16.3. The Morgan fingerprint density at radius 1 is 1.04 bits per heavy atom. The zero-order valence-corrected chi connectivity index (χ0v) is 17.2. The number of hydrogen-bond acceptors (Lipinski definition) is 4. The molecule has 0 atom stereocenters. The number of nitrogens with two attached hydrogens (primary N) is 1. The van der Waals surface area contributed by atoms with Crippen molar-refractivity contribution in [1.82, 2.24) is 10.2 Å². The minimum Gasteiger partial charge on any atom is -0.493 e. The van der Waals surface area contributed by atoms with Gasteiger partial charge in [-0.15, -0.1) is 12.4 Å². The Hall–Kier alpha value is -1.79. The zero-order chi connectivity index (χ0) is 19.1. The van der Waals surface area contributed by atoms with Crippen molar-refractivity contribution in [2.45, 2.75) is 57.0 Å². The fraction of sp³-hybridized carbons (Fsp3) is 0.619. The number of rotatable bonds is 6. The van der Waals surface area contributed by atoms with Crippen LogP contribution in [0, 0.1) is 5.92 Å². The van der Waals surface area contributed by atoms with E-state index < -0.39 is 0 Å². The Morgan fingerprint density at radius 2 is 1.68 bits per heavy atom. The fourth-order valence-electron chi connectivity index (χ4n) is 3.90. The van der Waals surface area contributed by atoms with Gasteiger partial charge in [-0.1, -0.05) is 18.2 Å². The van der Waals surface area contributed by atoms with Crippen molar-refractivity contribution < 1.29 is 14.3 Å². The summed E-state index contributed by atoms with van der Waals surface area (Å²) < 4.78 is 5.60. The molecule has 156 valence electrons. The number of likely N-dealkylation sites (tertiary alicyclic amines) is 1. The summed E-state index contributed by atoms with van der Waals surface area (Å²) in [4.78, 5) is 26.7. The van der Waals surface area contributed by atoms with E-state index in [1.54, 1.807) is 0 Å². The van der Waals surface area contributed by atoms with Crippen molar-refractivity contribution >= 4 is 24.2 Å². The molecule has 0 bridgehead atoms. The number of benzene rings is 1. The minimum atomic E-state index is 0. The highest BCUT2D eigenvalue weighted by Crippen LogP contribution is 2.21. The van der Waals surface area contributed by atoms with Gasteiger partial charge in [0, 0.05) is 31.1 Å². The third-order valence-electron chi connectivity index (χ3n) is 5.66. The van der Waals surface area contributed by atoms with Gasteiger partial charge in [0.1, 0.15) is 5.75 Å². The SMILES string of the molecule is Cl.NC1CCC(NC(=O)C2CCN(C(=O)CCOc3ccccc3)CC2)CC1. The summed E-state index contributed by atoms with van der Waals surface area (Å²) in [6.45, 7) is 1.68. The van der Waals surface area contributed by atoms with E-state index >= 15 is 0 Å². The third kappa shape index (κ3) is 6.67. The number of piperidine rings is 1. The summed E-state index contributed by atoms with van der Waals surface area (Å²) in [6.07, 6.45) is 5.78. The summed E-state index contributed by atoms with van der Waals surface area (Å²) in [5.41, 5.74) is 5.92. The predicted octanol–water partition coefficient (Wildman–Crippen LogP) is 2.50. The van der Waals surface area contributed by atoms with Crippen LogP contribution in [-0.2, 0) is 9.59 Å². The van der Waals surface area contributed by atoms with Gasteiger partial charge in [-0.05, 0) is 50.7 Å². The van der Waals surface area contributed by atoms with Gasteiger partial charge in [0.2, 0.25) is 11.8 Å². The Labute approximate surface area is 173 Å². The average molecular weight is 410 g/mol. The molecule has 0 radical (unpaired) electrons. The van der Waals surface area contributed by atoms with E-state index in [1.165, 1.54) is 0 Å². The highest BCUT2D eigenvalue weighted by atomic mass is 35.5. The lowest BCUT2D eigenvalue weighted by Gasteiger charge is -2.33. The monoisotopic (exact) mass is 409 g/mol. The van der Waals surface area contributed by atoms with Gasteiger partial charge in [0.25, 0.3) is 0 Å². The molecule has 1 aromatic carbocycles. The molecular weight excluding hydrogens is 378 g/mol. The van der Waals surface area contributed by atoms with Crippen LogP contribution in [0.1, 0.15) is 44.9 Å². The van der Waals surface area contributed by atoms with Crippen LogP contribution in [0.2, 0.25) is 0 Å². The average Bonchev–Trinajstić information content (AvgIpc) is 2.70. The molecule has 28 heavy (non-hydrogen) atoms. The van der Waals surface area contributed by atoms with Gasteiger partial charge in [-0.25, -0.2) is 0 Å². The van der Waals surface area contributed by atoms with E-state index in [0.717, 1.165) is 44.3 Å². The van der Waals surface area contributed by atoms with Crippen LogP contribution < -0.4 is 15.8 Å². The molecule has 0 unspecified atom stereocenters. The van der Waals surface area contributed by atoms with Gasteiger partial charge in [-0.3, -0.25) is 9.59 Å². The highest BCUT2D eigenvalue weighted by Gasteiger charge is 2.29. The Morgan fingerprint density at radius 3 is 2.32 bits per heavy atom. The van der Waals surface area contributed by atoms with Gasteiger partial charge >= 0.3 is 0 Å². The van der Waals surface area contributed by atoms with Crippen molar-refractivity contribution in [1.29, 1.82) is 0 Å². The second-order valence-corrected chi connectivity index (χ2v) is 7.69. The van der Waals surface area contributed by atoms with Gasteiger partial charge in [-0.2, -0.15) is 0 Å². The first kappa shape index (κ1) is 22.5. The summed E-state index contributed by atoms with van der Waals surface area (Å²) in [5, 5.41) is 3.19. The molecule has 1 aliphatic heterocycles. The van der Waals surface area contributed by atoms with Gasteiger partial charge in [0.15, 0.2) is 0 Å². The normalized spacial score (nSPS) is 22.8. The molecule has 1 heterocycles. The molecule has 1 aromatic rings. The van der Waals surface area contributed by atoms with E-state index in [0.29, 0.717) is 32.2 Å². The number of carbonyl (C=O) groups is 2. The number of halogens is 1. The molecule has 2 aliphatic rings. The number of nitrogens with zero attached hydrogens (tertiary/aromatic N) is 1. The van der Waals surface area contributed by atoms with Crippen molar-refractivity contribution in [3.8, 4) is 5.75 Å². The van der Waals surface area contributed by atoms with Crippen LogP contribution in [-0.4, -0.2) is 48.5 Å². The summed E-state index contributed by atoms with van der Waals surface area (Å²) in [7, 11) is 0. The number of amides is 2. The van der Waals surface area contributed by atoms with Crippen LogP contribution in [0.15, 0.2) is 30.3 Å². The highest BCUT2D eigenvalue weighted by molar-refractivity contribution is 5.85. The predicted molar refractivity (Wildman–Crippen MR) is 111 cm³/mol. The summed E-state index contributed by atoms with van der Waals surface area (Å²) in [5.74, 6) is 1.05. The van der Waals surface area contributed by atoms with Crippen molar-refractivity contribution in [2.75, 3.05) is 19.7 Å². The molecule has 3 rings (SSSR count). The molecule has 2 fully saturated rings. The van der Waals surface area contributed by atoms with Crippen LogP contribution >= 0.6 is 12.4 Å². The molecule has 0 spiro atoms. The van der Waals surface area contributed by atoms with Crippen molar-refractivity contribution in [2.24, 2.45) is 11.7 Å². The minimum absolute atomic E-state index is 0. The number of carbonyl (C=O) groups excluding carboxylic acids is 2. The smallest absolute Gasteiger partial charge is 0.225 e. The van der Waals surface area contributed by atoms with Crippen molar-refractivity contribution in [3.63, 3.8) is 0 Å². The molecule has 7 heteroatoms. The van der Waals surface area contributed by atoms with E-state index in [1.807, 2.05) is 35.2 Å². The molecule has 3 N–H and O–H groups in total. The van der Waals surface area contributed by atoms with Crippen LogP contribution in [0.3, 0.4) is 0 Å². The van der Waals surface area contributed by atoms with Crippen LogP contribution in [0.25, 0.3) is 0 Å². The lowest BCUT2D eigenvalue weighted by atomic mass is 9.90. The first-order valence-corrected chi connectivity index (χ1v) is 10.1. The molecule has 2 amide bonds. The topological polar surface area (TPSA) is 84.7 Å². The lowest BCUT2D eigenvalue weighted by Crippen LogP contribution is -2.47. The van der Waals surface area contributed by atoms with E-state index in [4.69, 9.17) is 10.5 Å². The number of ether oxygens (including phenoxy) is 1. The van der Waals surface area contributed by atoms with Crippen molar-refractivity contribution in [3.05, 3.63) is 30.3 Å². The molecule has 6 nitrogen and oxygen atoms in total. The summed E-state index contributed by atoms with van der Waals surface area (Å²) in [6, 6.07) is 10.1. The fourth-order valence-corrected chi connectivity index (χ4v) is 3.90. The van der Waals surface area contributed by atoms with Crippen LogP contribution in [0.5, 0.6) is 5.75 Å². The standard InChI is InChI=1S/C21H31N3O3.ClH/c22-17-6-8-18(9-7-17)23-21(26)16-10-13-24(14-11-16)20(25)12-15-27-19-4-2-1-3-5-19;/h1-5,16-18H,6-15,22H2,(H,23,26);1H. The van der Waals surface area contributed by atoms with Crippen LogP contribution in [0.4, 0.5) is 0 Å². The molecule has 1 saturated carbocycles. The largest absolute Gasteiger partial charge is 0.493 e. The second kappa shape index (κ2) is 11.3. The quantitative estimate of drug-likeness (QED) is 0.755. The first-order chi connectivity index (χ1) is 13.1. The van der Waals surface area contributed by atoms with E-state index in [-0.39, 0.29) is 36.2 Å². The maximum absolute atomic E-state index is 12.5. The van der Waals surface area contributed by atoms with E-state index in [2.05, 4.69) is 5.32 Å². The lowest BCUT2D eigenvalue weighted by molar-refractivity contribution is -0.136. The van der Waals surface area contributed by atoms with Gasteiger partial charge in [0.05, 0.1) is 13.0 Å². The first-order valence-electron chi connectivity index (χ1n) is 10.1. The number of nitrogens with one attached hydrogen (secondary N) is 1. The summed E-state index contributed by atoms with van der Waals surface area (Å²) >= 11 is 0. The second-order valence-electron chi connectivity index (χ2n) is 7.69. The molecule has 0 aromatic heterocycles.